The molecule has 32 heavy (non-hydrogen) atoms. The van der Waals surface area contributed by atoms with E-state index in [1.807, 2.05) is 32.0 Å². The molecule has 2 aromatic rings. The van der Waals surface area contributed by atoms with Gasteiger partial charge in [0.05, 0.1) is 6.42 Å². The lowest BCUT2D eigenvalue weighted by molar-refractivity contribution is -0.129. The van der Waals surface area contributed by atoms with Crippen molar-refractivity contribution in [2.75, 3.05) is 0 Å². The Morgan fingerprint density at radius 2 is 1.75 bits per heavy atom. The monoisotopic (exact) mass is 432 g/mol. The number of hydrogen-bond donors (Lipinski definition) is 0. The molecule has 3 rings (SSSR count). The second-order valence-corrected chi connectivity index (χ2v) is 9.49. The first-order valence-corrected chi connectivity index (χ1v) is 12.1. The van der Waals surface area contributed by atoms with E-state index in [0.29, 0.717) is 6.42 Å². The molecule has 2 aromatic carbocycles. The summed E-state index contributed by atoms with van der Waals surface area (Å²) >= 11 is 0. The summed E-state index contributed by atoms with van der Waals surface area (Å²) in [5, 5.41) is 0. The predicted octanol–water partition coefficient (Wildman–Crippen LogP) is 6.79. The van der Waals surface area contributed by atoms with Gasteiger partial charge in [-0.2, -0.15) is 0 Å². The Morgan fingerprint density at radius 3 is 2.38 bits per heavy atom. The van der Waals surface area contributed by atoms with Crippen molar-refractivity contribution in [1.29, 1.82) is 0 Å². The van der Waals surface area contributed by atoms with Crippen LogP contribution in [0.5, 0.6) is 0 Å². The minimum absolute atomic E-state index is 0.0303. The maximum atomic E-state index is 13.2. The molecule has 0 N–H and O–H groups in total. The van der Waals surface area contributed by atoms with E-state index in [4.69, 9.17) is 0 Å². The van der Waals surface area contributed by atoms with Crippen LogP contribution in [0.1, 0.15) is 80.8 Å². The number of aryl methyl sites for hydroxylation is 1. The average molecular weight is 433 g/mol. The third-order valence-corrected chi connectivity index (χ3v) is 6.99. The zero-order chi connectivity index (χ0) is 23.3. The number of rotatable bonds is 10. The molecule has 3 nitrogen and oxygen atoms in total. The molecule has 3 heteroatoms. The molecule has 0 saturated carbocycles. The largest absolute Gasteiger partial charge is 0.300 e. The fraction of sp³-hybridized carbons (Fsp3) is 0.483. The van der Waals surface area contributed by atoms with Gasteiger partial charge in [-0.3, -0.25) is 14.4 Å². The quantitative estimate of drug-likeness (QED) is 0.388. The van der Waals surface area contributed by atoms with E-state index in [9.17, 15) is 14.4 Å². The van der Waals surface area contributed by atoms with Crippen molar-refractivity contribution < 1.29 is 14.4 Å². The molecule has 170 valence electrons. The van der Waals surface area contributed by atoms with Crippen molar-refractivity contribution in [2.45, 2.75) is 72.6 Å². The zero-order valence-electron chi connectivity index (χ0n) is 19.9. The van der Waals surface area contributed by atoms with E-state index in [1.54, 1.807) is 0 Å². The van der Waals surface area contributed by atoms with Crippen molar-refractivity contribution in [1.82, 2.24) is 0 Å². The molecule has 0 spiro atoms. The maximum Gasteiger partial charge on any atom is 0.163 e. The Kier molecular flexibility index (Phi) is 8.17. The van der Waals surface area contributed by atoms with Gasteiger partial charge < -0.3 is 0 Å². The van der Waals surface area contributed by atoms with Crippen LogP contribution in [-0.2, 0) is 16.0 Å². The highest BCUT2D eigenvalue weighted by Crippen LogP contribution is 2.39. The number of ketones is 3. The minimum atomic E-state index is -0.0959. The van der Waals surface area contributed by atoms with Gasteiger partial charge in [0.25, 0.3) is 0 Å². The van der Waals surface area contributed by atoms with Gasteiger partial charge in [0.1, 0.15) is 11.6 Å². The minimum Gasteiger partial charge on any atom is -0.300 e. The summed E-state index contributed by atoms with van der Waals surface area (Å²) in [7, 11) is 0. The number of carbonyl (C=O) groups excluding carboxylic acids is 3. The van der Waals surface area contributed by atoms with Crippen molar-refractivity contribution in [3.05, 3.63) is 59.2 Å². The van der Waals surface area contributed by atoms with Gasteiger partial charge >= 0.3 is 0 Å². The van der Waals surface area contributed by atoms with Gasteiger partial charge in [-0.1, -0.05) is 69.2 Å². The van der Waals surface area contributed by atoms with Crippen LogP contribution in [0.4, 0.5) is 0 Å². The smallest absolute Gasteiger partial charge is 0.163 e. The molecule has 3 atom stereocenters. The lowest BCUT2D eigenvalue weighted by Crippen LogP contribution is -2.30. The van der Waals surface area contributed by atoms with E-state index >= 15 is 0 Å². The van der Waals surface area contributed by atoms with Crippen LogP contribution in [0.2, 0.25) is 0 Å². The predicted molar refractivity (Wildman–Crippen MR) is 130 cm³/mol. The number of fused-ring (bicyclic) bond motifs is 1. The molecular weight excluding hydrogens is 396 g/mol. The highest BCUT2D eigenvalue weighted by molar-refractivity contribution is 6.02. The highest BCUT2D eigenvalue weighted by Gasteiger charge is 2.33. The molecule has 0 fully saturated rings. The molecule has 1 aliphatic carbocycles. The molecule has 0 bridgehead atoms. The van der Waals surface area contributed by atoms with Crippen molar-refractivity contribution in [2.24, 2.45) is 17.8 Å². The van der Waals surface area contributed by atoms with Gasteiger partial charge in [-0.15, -0.1) is 0 Å². The Hall–Kier alpha value is -2.55. The second kappa shape index (κ2) is 10.8. The summed E-state index contributed by atoms with van der Waals surface area (Å²) in [6.45, 7) is 7.71. The number of hydrogen-bond acceptors (Lipinski definition) is 3. The first kappa shape index (κ1) is 24.1. The maximum absolute atomic E-state index is 13.2. The van der Waals surface area contributed by atoms with E-state index in [-0.39, 0.29) is 41.5 Å². The Bertz CT molecular complexity index is 973. The molecule has 1 aliphatic rings. The van der Waals surface area contributed by atoms with Crippen LogP contribution in [0.15, 0.2) is 42.5 Å². The topological polar surface area (TPSA) is 51.2 Å². The lowest BCUT2D eigenvalue weighted by Gasteiger charge is -2.32. The standard InChI is InChI=1S/C29H36O3/c1-5-10-23(24(6-2)27(31)15-20(4)30)16-21-17-26-25(22-11-8-7-9-12-22)14-13-19(3)29(26)28(32)18-21/h7-9,11-14,21,23-24H,5-6,10,15-18H2,1-4H3. The fourth-order valence-electron chi connectivity index (χ4n) is 5.63. The summed E-state index contributed by atoms with van der Waals surface area (Å²) in [5.74, 6) is 0.595. The van der Waals surface area contributed by atoms with E-state index in [2.05, 4.69) is 31.2 Å². The summed E-state index contributed by atoms with van der Waals surface area (Å²) < 4.78 is 0. The first-order chi connectivity index (χ1) is 15.3. The molecule has 0 saturated heterocycles. The Labute approximate surface area is 192 Å². The van der Waals surface area contributed by atoms with Gasteiger partial charge in [-0.25, -0.2) is 0 Å². The molecule has 3 unspecified atom stereocenters. The summed E-state index contributed by atoms with van der Waals surface area (Å²) in [6, 6.07) is 14.5. The van der Waals surface area contributed by atoms with E-state index in [1.165, 1.54) is 6.92 Å². The molecule has 0 aliphatic heterocycles. The van der Waals surface area contributed by atoms with Crippen LogP contribution < -0.4 is 0 Å². The highest BCUT2D eigenvalue weighted by atomic mass is 16.1. The average Bonchev–Trinajstić information content (AvgIpc) is 2.74. The zero-order valence-corrected chi connectivity index (χ0v) is 19.9. The van der Waals surface area contributed by atoms with Crippen LogP contribution in [-0.4, -0.2) is 17.3 Å². The third-order valence-electron chi connectivity index (χ3n) is 6.99. The normalized spacial score (nSPS) is 17.5. The van der Waals surface area contributed by atoms with E-state index < -0.39 is 0 Å². The summed E-state index contributed by atoms with van der Waals surface area (Å²) in [6.07, 6.45) is 5.02. The Balaban J connectivity index is 1.90. The molecule has 0 radical (unpaired) electrons. The van der Waals surface area contributed by atoms with Crippen LogP contribution >= 0.6 is 0 Å². The van der Waals surface area contributed by atoms with Crippen molar-refractivity contribution in [3.63, 3.8) is 0 Å². The molecular formula is C29H36O3. The summed E-state index contributed by atoms with van der Waals surface area (Å²) in [4.78, 5) is 37.6. The van der Waals surface area contributed by atoms with E-state index in [0.717, 1.165) is 59.9 Å². The van der Waals surface area contributed by atoms with Crippen LogP contribution in [0.3, 0.4) is 0 Å². The number of benzene rings is 2. The Morgan fingerprint density at radius 1 is 1.03 bits per heavy atom. The molecule has 0 heterocycles. The van der Waals surface area contributed by atoms with Crippen LogP contribution in [0.25, 0.3) is 11.1 Å². The van der Waals surface area contributed by atoms with Crippen LogP contribution in [0, 0.1) is 24.7 Å². The second-order valence-electron chi connectivity index (χ2n) is 9.49. The molecule has 0 amide bonds. The fourth-order valence-corrected chi connectivity index (χ4v) is 5.63. The first-order valence-electron chi connectivity index (χ1n) is 12.1. The number of Topliss-reactive ketones (excluding diaryl/α,β-unsaturated/α-hetero) is 3. The number of carbonyl (C=O) groups is 3. The van der Waals surface area contributed by atoms with Crippen molar-refractivity contribution in [3.8, 4) is 11.1 Å². The van der Waals surface area contributed by atoms with Gasteiger partial charge in [0.2, 0.25) is 0 Å². The van der Waals surface area contributed by atoms with Gasteiger partial charge in [-0.05, 0) is 67.2 Å². The van der Waals surface area contributed by atoms with Gasteiger partial charge in [0.15, 0.2) is 5.78 Å². The molecule has 0 aromatic heterocycles. The third kappa shape index (κ3) is 5.43. The SMILES string of the molecule is CCCC(CC1CC(=O)c2c(C)ccc(-c3ccccc3)c2C1)C(CC)C(=O)CC(C)=O. The van der Waals surface area contributed by atoms with Crippen molar-refractivity contribution >= 4 is 17.3 Å². The van der Waals surface area contributed by atoms with Gasteiger partial charge in [0, 0.05) is 17.9 Å². The lowest BCUT2D eigenvalue weighted by atomic mass is 9.71. The summed E-state index contributed by atoms with van der Waals surface area (Å²) in [5.41, 5.74) is 5.41.